The Morgan fingerprint density at radius 1 is 1.05 bits per heavy atom. The highest BCUT2D eigenvalue weighted by atomic mass is 32.1. The minimum Gasteiger partial charge on any atom is -0.356 e. The molecule has 2 aromatic carbocycles. The van der Waals surface area contributed by atoms with Crippen LogP contribution < -0.4 is 10.6 Å². The van der Waals surface area contributed by atoms with Crippen LogP contribution >= 0.6 is 12.2 Å². The SMILES string of the molecule is CCc1ccc(NC(=S)N[C@H](CC)c2ccccc2C)cc1. The summed E-state index contributed by atoms with van der Waals surface area (Å²) in [5, 5.41) is 7.35. The highest BCUT2D eigenvalue weighted by molar-refractivity contribution is 7.80. The number of hydrogen-bond donors (Lipinski definition) is 2. The van der Waals surface area contributed by atoms with Gasteiger partial charge in [-0.15, -0.1) is 0 Å². The molecule has 22 heavy (non-hydrogen) atoms. The van der Waals surface area contributed by atoms with Crippen LogP contribution in [0.5, 0.6) is 0 Å². The van der Waals surface area contributed by atoms with Gasteiger partial charge in [0.1, 0.15) is 0 Å². The molecule has 0 aliphatic rings. The quantitative estimate of drug-likeness (QED) is 0.760. The van der Waals surface area contributed by atoms with Crippen molar-refractivity contribution in [2.24, 2.45) is 0 Å². The molecule has 116 valence electrons. The summed E-state index contributed by atoms with van der Waals surface area (Å²) < 4.78 is 0. The highest BCUT2D eigenvalue weighted by Gasteiger charge is 2.12. The predicted octanol–water partition coefficient (Wildman–Crippen LogP) is 5.00. The molecule has 0 bridgehead atoms. The van der Waals surface area contributed by atoms with Gasteiger partial charge in [0.25, 0.3) is 0 Å². The maximum Gasteiger partial charge on any atom is 0.171 e. The highest BCUT2D eigenvalue weighted by Crippen LogP contribution is 2.20. The standard InChI is InChI=1S/C19H24N2S/c1-4-15-10-12-16(13-11-15)20-19(22)21-18(5-2)17-9-7-6-8-14(17)3/h6-13,18H,4-5H2,1-3H3,(H2,20,21,22)/t18-/m1/s1. The zero-order valence-electron chi connectivity index (χ0n) is 13.5. The van der Waals surface area contributed by atoms with Crippen LogP contribution in [0.1, 0.15) is 43.0 Å². The molecular formula is C19H24N2S. The molecule has 2 nitrogen and oxygen atoms in total. The summed E-state index contributed by atoms with van der Waals surface area (Å²) in [6.45, 7) is 6.46. The van der Waals surface area contributed by atoms with Gasteiger partial charge < -0.3 is 10.6 Å². The van der Waals surface area contributed by atoms with Crippen LogP contribution in [0.2, 0.25) is 0 Å². The fraction of sp³-hybridized carbons (Fsp3) is 0.316. The van der Waals surface area contributed by atoms with E-state index >= 15 is 0 Å². The minimum absolute atomic E-state index is 0.233. The van der Waals surface area contributed by atoms with E-state index in [0.29, 0.717) is 5.11 Å². The van der Waals surface area contributed by atoms with Crippen LogP contribution in [-0.4, -0.2) is 5.11 Å². The number of thiocarbonyl (C=S) groups is 1. The van der Waals surface area contributed by atoms with Crippen LogP contribution in [0, 0.1) is 6.92 Å². The average molecular weight is 312 g/mol. The Balaban J connectivity index is 2.01. The smallest absolute Gasteiger partial charge is 0.171 e. The zero-order valence-corrected chi connectivity index (χ0v) is 14.3. The predicted molar refractivity (Wildman–Crippen MR) is 99.4 cm³/mol. The molecule has 0 heterocycles. The van der Waals surface area contributed by atoms with E-state index < -0.39 is 0 Å². The Morgan fingerprint density at radius 2 is 1.73 bits per heavy atom. The van der Waals surface area contributed by atoms with Crippen molar-refractivity contribution < 1.29 is 0 Å². The summed E-state index contributed by atoms with van der Waals surface area (Å²) >= 11 is 5.46. The van der Waals surface area contributed by atoms with Crippen LogP contribution in [0.3, 0.4) is 0 Å². The van der Waals surface area contributed by atoms with Gasteiger partial charge in [0, 0.05) is 5.69 Å². The lowest BCUT2D eigenvalue weighted by Crippen LogP contribution is -2.32. The molecule has 0 amide bonds. The largest absolute Gasteiger partial charge is 0.356 e. The number of aryl methyl sites for hydroxylation is 2. The third-order valence-corrected chi connectivity index (χ3v) is 4.12. The summed E-state index contributed by atoms with van der Waals surface area (Å²) in [5.74, 6) is 0. The van der Waals surface area contributed by atoms with Gasteiger partial charge in [-0.1, -0.05) is 50.2 Å². The summed E-state index contributed by atoms with van der Waals surface area (Å²) in [4.78, 5) is 0. The van der Waals surface area contributed by atoms with Crippen molar-refractivity contribution >= 4 is 23.0 Å². The maximum absolute atomic E-state index is 5.46. The Kier molecular flexibility index (Phi) is 5.96. The molecule has 0 aliphatic carbocycles. The third kappa shape index (κ3) is 4.31. The normalized spacial score (nSPS) is 11.8. The number of rotatable bonds is 5. The average Bonchev–Trinajstić information content (AvgIpc) is 2.54. The van der Waals surface area contributed by atoms with Crippen LogP contribution in [0.15, 0.2) is 48.5 Å². The second kappa shape index (κ2) is 7.95. The Labute approximate surface area is 139 Å². The summed E-state index contributed by atoms with van der Waals surface area (Å²) in [7, 11) is 0. The Bertz CT molecular complexity index is 620. The van der Waals surface area contributed by atoms with E-state index in [1.54, 1.807) is 0 Å². The van der Waals surface area contributed by atoms with E-state index in [4.69, 9.17) is 12.2 Å². The number of nitrogens with one attached hydrogen (secondary N) is 2. The first-order valence-electron chi connectivity index (χ1n) is 7.86. The molecule has 0 radical (unpaired) electrons. The van der Waals surface area contributed by atoms with Gasteiger partial charge in [-0.3, -0.25) is 0 Å². The fourth-order valence-electron chi connectivity index (χ4n) is 2.53. The summed E-state index contributed by atoms with van der Waals surface area (Å²) in [6.07, 6.45) is 2.04. The second-order valence-electron chi connectivity index (χ2n) is 5.47. The lowest BCUT2D eigenvalue weighted by atomic mass is 10.00. The third-order valence-electron chi connectivity index (χ3n) is 3.90. The van der Waals surface area contributed by atoms with Gasteiger partial charge in [0.05, 0.1) is 6.04 Å². The topological polar surface area (TPSA) is 24.1 Å². The monoisotopic (exact) mass is 312 g/mol. The Morgan fingerprint density at radius 3 is 2.32 bits per heavy atom. The van der Waals surface area contributed by atoms with Crippen LogP contribution in [-0.2, 0) is 6.42 Å². The molecule has 0 aromatic heterocycles. The molecule has 0 saturated heterocycles. The molecule has 0 saturated carbocycles. The number of anilines is 1. The molecule has 2 rings (SSSR count). The van der Waals surface area contributed by atoms with Crippen LogP contribution in [0.25, 0.3) is 0 Å². The van der Waals surface area contributed by atoms with E-state index in [9.17, 15) is 0 Å². The lowest BCUT2D eigenvalue weighted by molar-refractivity contribution is 0.625. The molecule has 0 unspecified atom stereocenters. The summed E-state index contributed by atoms with van der Waals surface area (Å²) in [6, 6.07) is 17.1. The van der Waals surface area contributed by atoms with Gasteiger partial charge in [0.15, 0.2) is 5.11 Å². The minimum atomic E-state index is 0.233. The molecular weight excluding hydrogens is 288 g/mol. The van der Waals surface area contributed by atoms with Crippen molar-refractivity contribution in [1.29, 1.82) is 0 Å². The molecule has 0 fully saturated rings. The maximum atomic E-state index is 5.46. The lowest BCUT2D eigenvalue weighted by Gasteiger charge is -2.21. The van der Waals surface area contributed by atoms with Crippen molar-refractivity contribution in [3.63, 3.8) is 0 Å². The Hall–Kier alpha value is -1.87. The molecule has 2 N–H and O–H groups in total. The molecule has 1 atom stereocenters. The van der Waals surface area contributed by atoms with Crippen molar-refractivity contribution in [2.75, 3.05) is 5.32 Å². The van der Waals surface area contributed by atoms with Crippen LogP contribution in [0.4, 0.5) is 5.69 Å². The number of benzene rings is 2. The van der Waals surface area contributed by atoms with Gasteiger partial charge >= 0.3 is 0 Å². The van der Waals surface area contributed by atoms with Crippen molar-refractivity contribution in [1.82, 2.24) is 5.32 Å². The summed E-state index contributed by atoms with van der Waals surface area (Å²) in [5.41, 5.74) is 4.94. The van der Waals surface area contributed by atoms with E-state index in [-0.39, 0.29) is 6.04 Å². The first-order chi connectivity index (χ1) is 10.6. The van der Waals surface area contributed by atoms with Gasteiger partial charge in [-0.2, -0.15) is 0 Å². The first-order valence-corrected chi connectivity index (χ1v) is 8.26. The first kappa shape index (κ1) is 16.5. The van der Waals surface area contributed by atoms with E-state index in [1.165, 1.54) is 16.7 Å². The molecule has 0 spiro atoms. The zero-order chi connectivity index (χ0) is 15.9. The molecule has 3 heteroatoms. The van der Waals surface area contributed by atoms with E-state index in [2.05, 4.69) is 79.9 Å². The van der Waals surface area contributed by atoms with Gasteiger partial charge in [-0.05, 0) is 60.8 Å². The van der Waals surface area contributed by atoms with Crippen molar-refractivity contribution in [3.8, 4) is 0 Å². The van der Waals surface area contributed by atoms with Gasteiger partial charge in [0.2, 0.25) is 0 Å². The van der Waals surface area contributed by atoms with Gasteiger partial charge in [-0.25, -0.2) is 0 Å². The van der Waals surface area contributed by atoms with E-state index in [0.717, 1.165) is 18.5 Å². The van der Waals surface area contributed by atoms with Crippen molar-refractivity contribution in [3.05, 3.63) is 65.2 Å². The number of hydrogen-bond acceptors (Lipinski definition) is 1. The molecule has 2 aromatic rings. The fourth-order valence-corrected chi connectivity index (χ4v) is 2.79. The second-order valence-corrected chi connectivity index (χ2v) is 5.87. The molecule has 0 aliphatic heterocycles. The van der Waals surface area contributed by atoms with Crippen molar-refractivity contribution in [2.45, 2.75) is 39.7 Å². The van der Waals surface area contributed by atoms with E-state index in [1.807, 2.05) is 0 Å².